The molecule has 0 saturated heterocycles. The molecule has 13 heavy (non-hydrogen) atoms. The molecule has 2 aromatic heterocycles. The molecule has 1 N–H and O–H groups in total. The van der Waals surface area contributed by atoms with Crippen molar-refractivity contribution in [1.82, 2.24) is 15.0 Å². The van der Waals surface area contributed by atoms with E-state index in [9.17, 15) is 5.11 Å². The van der Waals surface area contributed by atoms with Gasteiger partial charge in [-0.1, -0.05) is 23.2 Å². The molecule has 2 rings (SSSR count). The normalized spacial score (nSPS) is 10.6. The molecule has 0 fully saturated rings. The van der Waals surface area contributed by atoms with Gasteiger partial charge in [-0.2, -0.15) is 0 Å². The highest BCUT2D eigenvalue weighted by atomic mass is 35.5. The molecule has 0 amide bonds. The van der Waals surface area contributed by atoms with Gasteiger partial charge in [-0.3, -0.25) is 0 Å². The van der Waals surface area contributed by atoms with E-state index in [-0.39, 0.29) is 16.1 Å². The Bertz CT molecular complexity index is 474. The Kier molecular flexibility index (Phi) is 1.94. The number of halogens is 2. The van der Waals surface area contributed by atoms with Crippen molar-refractivity contribution in [2.45, 2.75) is 0 Å². The van der Waals surface area contributed by atoms with E-state index in [1.807, 2.05) is 0 Å². The lowest BCUT2D eigenvalue weighted by atomic mass is 10.3. The third-order valence-electron chi connectivity index (χ3n) is 1.51. The first-order valence-electron chi connectivity index (χ1n) is 3.34. The summed E-state index contributed by atoms with van der Waals surface area (Å²) in [6.45, 7) is 0. The van der Waals surface area contributed by atoms with Crippen LogP contribution in [0.5, 0.6) is 5.88 Å². The first-order chi connectivity index (χ1) is 6.18. The van der Waals surface area contributed by atoms with Gasteiger partial charge in [0, 0.05) is 0 Å². The third kappa shape index (κ3) is 1.38. The quantitative estimate of drug-likeness (QED) is 0.684. The molecule has 0 unspecified atom stereocenters. The van der Waals surface area contributed by atoms with Crippen LogP contribution in [0, 0.1) is 0 Å². The van der Waals surface area contributed by atoms with E-state index in [2.05, 4.69) is 15.0 Å². The molecule has 4 nitrogen and oxygen atoms in total. The fourth-order valence-corrected chi connectivity index (χ4v) is 1.21. The fourth-order valence-electron chi connectivity index (χ4n) is 0.928. The van der Waals surface area contributed by atoms with Gasteiger partial charge in [0.2, 0.25) is 5.88 Å². The number of fused-ring (bicyclic) bond motifs is 1. The number of aromatic hydroxyl groups is 1. The van der Waals surface area contributed by atoms with Gasteiger partial charge >= 0.3 is 0 Å². The van der Waals surface area contributed by atoms with Crippen molar-refractivity contribution in [1.29, 1.82) is 0 Å². The average molecular weight is 216 g/mol. The summed E-state index contributed by atoms with van der Waals surface area (Å²) in [4.78, 5) is 11.3. The molecule has 0 aromatic carbocycles. The van der Waals surface area contributed by atoms with Crippen molar-refractivity contribution in [3.63, 3.8) is 0 Å². The van der Waals surface area contributed by atoms with Crippen LogP contribution in [0.25, 0.3) is 11.0 Å². The summed E-state index contributed by atoms with van der Waals surface area (Å²) in [6, 6.07) is 1.47. The lowest BCUT2D eigenvalue weighted by Crippen LogP contribution is -1.87. The molecule has 0 aliphatic heterocycles. The minimum Gasteiger partial charge on any atom is -0.493 e. The number of hydrogen-bond acceptors (Lipinski definition) is 4. The fraction of sp³-hybridized carbons (Fsp3) is 0. The zero-order valence-electron chi connectivity index (χ0n) is 6.20. The second-order valence-corrected chi connectivity index (χ2v) is 3.09. The van der Waals surface area contributed by atoms with Gasteiger partial charge in [0.15, 0.2) is 5.65 Å². The van der Waals surface area contributed by atoms with Gasteiger partial charge in [-0.05, 0) is 6.07 Å². The molecule has 0 spiro atoms. The maximum Gasteiger partial charge on any atom is 0.223 e. The summed E-state index contributed by atoms with van der Waals surface area (Å²) in [5.41, 5.74) is 0.321. The maximum atomic E-state index is 9.29. The minimum atomic E-state index is -0.156. The lowest BCUT2D eigenvalue weighted by molar-refractivity contribution is 0.459. The van der Waals surface area contributed by atoms with Crippen LogP contribution in [-0.4, -0.2) is 20.1 Å². The Morgan fingerprint density at radius 3 is 2.77 bits per heavy atom. The van der Waals surface area contributed by atoms with Crippen molar-refractivity contribution < 1.29 is 5.11 Å². The van der Waals surface area contributed by atoms with E-state index in [0.717, 1.165) is 0 Å². The Morgan fingerprint density at radius 2 is 2.00 bits per heavy atom. The summed E-state index contributed by atoms with van der Waals surface area (Å²) >= 11 is 11.4. The van der Waals surface area contributed by atoms with Gasteiger partial charge in [-0.15, -0.1) is 0 Å². The monoisotopic (exact) mass is 215 g/mol. The van der Waals surface area contributed by atoms with Crippen LogP contribution < -0.4 is 0 Å². The van der Waals surface area contributed by atoms with Crippen LogP contribution >= 0.6 is 23.2 Å². The first kappa shape index (κ1) is 8.47. The molecule has 66 valence electrons. The molecule has 0 saturated carbocycles. The van der Waals surface area contributed by atoms with Crippen LogP contribution in [0.4, 0.5) is 0 Å². The molecule has 6 heteroatoms. The number of aromatic nitrogens is 3. The van der Waals surface area contributed by atoms with Crippen LogP contribution in [0.2, 0.25) is 10.2 Å². The molecule has 0 atom stereocenters. The van der Waals surface area contributed by atoms with Crippen LogP contribution in [0.1, 0.15) is 0 Å². The molecular formula is C7H3Cl2N3O. The summed E-state index contributed by atoms with van der Waals surface area (Å²) in [7, 11) is 0. The maximum absolute atomic E-state index is 9.29. The molecular weight excluding hydrogens is 213 g/mol. The van der Waals surface area contributed by atoms with Crippen molar-refractivity contribution in [3.8, 4) is 5.88 Å². The van der Waals surface area contributed by atoms with Gasteiger partial charge in [0.1, 0.15) is 11.5 Å². The van der Waals surface area contributed by atoms with E-state index < -0.39 is 0 Å². The zero-order valence-corrected chi connectivity index (χ0v) is 7.71. The predicted molar refractivity (Wildman–Crippen MR) is 49.0 cm³/mol. The number of pyridine rings is 1. The van der Waals surface area contributed by atoms with E-state index >= 15 is 0 Å². The highest BCUT2D eigenvalue weighted by Crippen LogP contribution is 2.26. The SMILES string of the molecule is Oc1ncnc2nc(Cl)c(Cl)cc12. The van der Waals surface area contributed by atoms with Crippen molar-refractivity contribution in [2.75, 3.05) is 0 Å². The highest BCUT2D eigenvalue weighted by molar-refractivity contribution is 6.41. The molecule has 0 radical (unpaired) electrons. The van der Waals surface area contributed by atoms with Crippen LogP contribution in [0.3, 0.4) is 0 Å². The largest absolute Gasteiger partial charge is 0.493 e. The Hall–Kier alpha value is -1.13. The Morgan fingerprint density at radius 1 is 1.23 bits per heavy atom. The van der Waals surface area contributed by atoms with Crippen LogP contribution in [-0.2, 0) is 0 Å². The first-order valence-corrected chi connectivity index (χ1v) is 4.10. The topological polar surface area (TPSA) is 58.9 Å². The van der Waals surface area contributed by atoms with Crippen molar-refractivity contribution in [2.24, 2.45) is 0 Å². The standard InChI is InChI=1S/C7H3Cl2N3O/c8-4-1-3-6(12-5(4)9)10-2-11-7(3)13/h1-2H,(H,10,11,12,13). The molecule has 0 aliphatic carbocycles. The third-order valence-corrected chi connectivity index (χ3v) is 2.19. The molecule has 2 heterocycles. The zero-order chi connectivity index (χ0) is 9.42. The number of nitrogens with zero attached hydrogens (tertiary/aromatic N) is 3. The molecule has 0 aliphatic rings. The van der Waals surface area contributed by atoms with Gasteiger partial charge in [-0.25, -0.2) is 15.0 Å². The Balaban J connectivity index is 2.89. The molecule has 2 aromatic rings. The second-order valence-electron chi connectivity index (χ2n) is 2.33. The van der Waals surface area contributed by atoms with Crippen LogP contribution in [0.15, 0.2) is 12.4 Å². The second kappa shape index (κ2) is 2.97. The summed E-state index contributed by atoms with van der Waals surface area (Å²) < 4.78 is 0. The highest BCUT2D eigenvalue weighted by Gasteiger charge is 2.07. The molecule has 0 bridgehead atoms. The summed E-state index contributed by atoms with van der Waals surface area (Å²) in [6.07, 6.45) is 1.20. The Labute approximate surface area is 83.2 Å². The minimum absolute atomic E-state index is 0.156. The summed E-state index contributed by atoms with van der Waals surface area (Å²) in [5, 5.41) is 10.1. The number of hydrogen-bond donors (Lipinski definition) is 1. The van der Waals surface area contributed by atoms with E-state index in [4.69, 9.17) is 23.2 Å². The predicted octanol–water partition coefficient (Wildman–Crippen LogP) is 2.04. The van der Waals surface area contributed by atoms with Gasteiger partial charge in [0.25, 0.3) is 0 Å². The lowest BCUT2D eigenvalue weighted by Gasteiger charge is -1.99. The smallest absolute Gasteiger partial charge is 0.223 e. The summed E-state index contributed by atoms with van der Waals surface area (Å²) in [5.74, 6) is -0.156. The van der Waals surface area contributed by atoms with Crippen molar-refractivity contribution in [3.05, 3.63) is 22.6 Å². The van der Waals surface area contributed by atoms with Gasteiger partial charge in [0.05, 0.1) is 10.4 Å². The van der Waals surface area contributed by atoms with E-state index in [1.165, 1.54) is 12.4 Å². The van der Waals surface area contributed by atoms with Crippen molar-refractivity contribution >= 4 is 34.2 Å². The van der Waals surface area contributed by atoms with E-state index in [1.54, 1.807) is 0 Å². The van der Waals surface area contributed by atoms with E-state index in [0.29, 0.717) is 11.0 Å². The average Bonchev–Trinajstić information content (AvgIpc) is 2.09. The van der Waals surface area contributed by atoms with Gasteiger partial charge < -0.3 is 5.11 Å². The number of rotatable bonds is 0.